The smallest absolute Gasteiger partial charge is 0.00337 e. The van der Waals surface area contributed by atoms with E-state index in [1.54, 1.807) is 0 Å². The van der Waals surface area contributed by atoms with Crippen molar-refractivity contribution < 1.29 is 0 Å². The lowest BCUT2D eigenvalue weighted by Gasteiger charge is -2.05. The fourth-order valence-corrected chi connectivity index (χ4v) is 3.26. The Bertz CT molecular complexity index is 88.6. The number of fused-ring (bicyclic) bond motifs is 1. The normalized spacial score (nSPS) is 52.9. The predicted octanol–water partition coefficient (Wildman–Crippen LogP) is 2.01. The molecular weight excluding hydrogens is 116 g/mol. The monoisotopic (exact) mass is 128 g/mol. The average molecular weight is 128 g/mol. The minimum absolute atomic E-state index is 1.09. The van der Waals surface area contributed by atoms with E-state index in [0.717, 1.165) is 17.8 Å². The summed E-state index contributed by atoms with van der Waals surface area (Å²) in [6.45, 7) is 2.40. The van der Waals surface area contributed by atoms with E-state index in [0.29, 0.717) is 0 Å². The molecule has 2 rings (SSSR count). The molecule has 8 heavy (non-hydrogen) atoms. The Hall–Kier alpha value is 0.350. The van der Waals surface area contributed by atoms with Crippen LogP contribution in [0.2, 0.25) is 0 Å². The fourth-order valence-electron chi connectivity index (χ4n) is 1.83. The second-order valence-corrected chi connectivity index (χ2v) is 4.20. The molecule has 0 aromatic rings. The highest BCUT2D eigenvalue weighted by molar-refractivity contribution is 7.99. The molecule has 0 bridgehead atoms. The fraction of sp³-hybridized carbons (Fsp3) is 1.00. The largest absolute Gasteiger partial charge is 0.162 e. The van der Waals surface area contributed by atoms with E-state index in [1.165, 1.54) is 17.9 Å². The molecule has 46 valence electrons. The van der Waals surface area contributed by atoms with Crippen LogP contribution in [0.3, 0.4) is 0 Å². The third-order valence-corrected chi connectivity index (χ3v) is 3.81. The maximum absolute atomic E-state index is 2.40. The van der Waals surface area contributed by atoms with Crippen LogP contribution in [0.5, 0.6) is 0 Å². The van der Waals surface area contributed by atoms with Gasteiger partial charge in [-0.05, 0) is 35.7 Å². The number of thioether (sulfide) groups is 1. The zero-order valence-corrected chi connectivity index (χ0v) is 6.08. The molecule has 1 heteroatoms. The second kappa shape index (κ2) is 1.66. The van der Waals surface area contributed by atoms with Gasteiger partial charge in [-0.15, -0.1) is 0 Å². The Labute approximate surface area is 55.0 Å². The van der Waals surface area contributed by atoms with Gasteiger partial charge in [-0.25, -0.2) is 0 Å². The molecule has 0 N–H and O–H groups in total. The van der Waals surface area contributed by atoms with E-state index in [-0.39, 0.29) is 0 Å². The number of hydrogen-bond donors (Lipinski definition) is 0. The zero-order valence-electron chi connectivity index (χ0n) is 5.26. The lowest BCUT2D eigenvalue weighted by Crippen LogP contribution is -1.96. The first kappa shape index (κ1) is 5.16. The van der Waals surface area contributed by atoms with Crippen molar-refractivity contribution in [1.29, 1.82) is 0 Å². The first-order chi connectivity index (χ1) is 3.89. The van der Waals surface area contributed by atoms with Gasteiger partial charge in [-0.1, -0.05) is 6.92 Å². The van der Waals surface area contributed by atoms with Crippen LogP contribution in [0.25, 0.3) is 0 Å². The van der Waals surface area contributed by atoms with Gasteiger partial charge in [0.1, 0.15) is 0 Å². The first-order valence-corrected chi connectivity index (χ1v) is 4.63. The van der Waals surface area contributed by atoms with Gasteiger partial charge in [0.05, 0.1) is 0 Å². The third kappa shape index (κ3) is 0.604. The molecule has 2 aliphatic rings. The van der Waals surface area contributed by atoms with Gasteiger partial charge >= 0.3 is 0 Å². The molecule has 0 aromatic heterocycles. The van der Waals surface area contributed by atoms with Gasteiger partial charge < -0.3 is 0 Å². The molecule has 0 aromatic carbocycles. The minimum atomic E-state index is 1.09. The van der Waals surface area contributed by atoms with Gasteiger partial charge in [0.2, 0.25) is 0 Å². The summed E-state index contributed by atoms with van der Waals surface area (Å²) in [6.07, 6.45) is 1.51. The van der Waals surface area contributed by atoms with E-state index in [4.69, 9.17) is 0 Å². The molecule has 1 aliphatic carbocycles. The SMILES string of the molecule is CC1C2CCSCC12. The first-order valence-electron chi connectivity index (χ1n) is 3.47. The highest BCUT2D eigenvalue weighted by Gasteiger charge is 2.47. The van der Waals surface area contributed by atoms with Crippen molar-refractivity contribution in [2.45, 2.75) is 13.3 Å². The zero-order chi connectivity index (χ0) is 5.56. The highest BCUT2D eigenvalue weighted by Crippen LogP contribution is 2.53. The van der Waals surface area contributed by atoms with E-state index >= 15 is 0 Å². The van der Waals surface area contributed by atoms with Gasteiger partial charge in [0.25, 0.3) is 0 Å². The molecule has 1 aliphatic heterocycles. The highest BCUT2D eigenvalue weighted by atomic mass is 32.2. The molecule has 2 fully saturated rings. The van der Waals surface area contributed by atoms with Crippen molar-refractivity contribution in [1.82, 2.24) is 0 Å². The van der Waals surface area contributed by atoms with Crippen molar-refractivity contribution in [3.05, 3.63) is 0 Å². The predicted molar refractivity (Wildman–Crippen MR) is 38.1 cm³/mol. The molecule has 0 nitrogen and oxygen atoms in total. The Morgan fingerprint density at radius 1 is 1.38 bits per heavy atom. The van der Waals surface area contributed by atoms with Gasteiger partial charge in [-0.3, -0.25) is 0 Å². The van der Waals surface area contributed by atoms with Crippen LogP contribution in [0.15, 0.2) is 0 Å². The number of hydrogen-bond acceptors (Lipinski definition) is 1. The summed E-state index contributed by atoms with van der Waals surface area (Å²) in [5.74, 6) is 6.27. The topological polar surface area (TPSA) is 0 Å². The Morgan fingerprint density at radius 3 is 2.75 bits per heavy atom. The van der Waals surface area contributed by atoms with Gasteiger partial charge in [-0.2, -0.15) is 11.8 Å². The molecule has 3 unspecified atom stereocenters. The molecular formula is C7H12S. The molecule has 0 amide bonds. The van der Waals surface area contributed by atoms with Crippen molar-refractivity contribution >= 4 is 11.8 Å². The molecule has 1 heterocycles. The molecule has 0 spiro atoms. The van der Waals surface area contributed by atoms with Gasteiger partial charge in [0.15, 0.2) is 0 Å². The summed E-state index contributed by atoms with van der Waals surface area (Å²) in [5, 5.41) is 0. The van der Waals surface area contributed by atoms with Crippen LogP contribution < -0.4 is 0 Å². The van der Waals surface area contributed by atoms with Crippen LogP contribution >= 0.6 is 11.8 Å². The van der Waals surface area contributed by atoms with Crippen LogP contribution in [0, 0.1) is 17.8 Å². The second-order valence-electron chi connectivity index (χ2n) is 3.05. The Morgan fingerprint density at radius 2 is 2.25 bits per heavy atom. The maximum Gasteiger partial charge on any atom is -0.00337 e. The lowest BCUT2D eigenvalue weighted by atomic mass is 10.2. The standard InChI is InChI=1S/C7H12S/c1-5-6-2-3-8-4-7(5)6/h5-7H,2-4H2,1H3. The van der Waals surface area contributed by atoms with Crippen LogP contribution in [-0.4, -0.2) is 11.5 Å². The molecule has 3 atom stereocenters. The van der Waals surface area contributed by atoms with Crippen LogP contribution in [0.1, 0.15) is 13.3 Å². The van der Waals surface area contributed by atoms with Gasteiger partial charge in [0, 0.05) is 0 Å². The quantitative estimate of drug-likeness (QED) is 0.481. The summed E-state index contributed by atoms with van der Waals surface area (Å²) in [7, 11) is 0. The lowest BCUT2D eigenvalue weighted by molar-refractivity contribution is 0.704. The third-order valence-electron chi connectivity index (χ3n) is 2.67. The average Bonchev–Trinajstić information content (AvgIpc) is 2.46. The van der Waals surface area contributed by atoms with E-state index in [1.807, 2.05) is 0 Å². The molecule has 1 saturated heterocycles. The summed E-state index contributed by atoms with van der Waals surface area (Å²) in [6, 6.07) is 0. The summed E-state index contributed by atoms with van der Waals surface area (Å²) >= 11 is 2.15. The Balaban J connectivity index is 1.97. The minimum Gasteiger partial charge on any atom is -0.162 e. The van der Waals surface area contributed by atoms with E-state index in [9.17, 15) is 0 Å². The van der Waals surface area contributed by atoms with Crippen molar-refractivity contribution in [3.63, 3.8) is 0 Å². The Kier molecular flexibility index (Phi) is 1.07. The van der Waals surface area contributed by atoms with Crippen LogP contribution in [0.4, 0.5) is 0 Å². The maximum atomic E-state index is 2.40. The molecule has 0 radical (unpaired) electrons. The molecule has 1 saturated carbocycles. The van der Waals surface area contributed by atoms with Crippen molar-refractivity contribution in [2.24, 2.45) is 17.8 Å². The van der Waals surface area contributed by atoms with E-state index < -0.39 is 0 Å². The van der Waals surface area contributed by atoms with Crippen LogP contribution in [-0.2, 0) is 0 Å². The summed E-state index contributed by atoms with van der Waals surface area (Å²) in [5.41, 5.74) is 0. The van der Waals surface area contributed by atoms with Crippen molar-refractivity contribution in [3.8, 4) is 0 Å². The summed E-state index contributed by atoms with van der Waals surface area (Å²) in [4.78, 5) is 0. The van der Waals surface area contributed by atoms with Crippen molar-refractivity contribution in [2.75, 3.05) is 11.5 Å². The number of rotatable bonds is 0. The van der Waals surface area contributed by atoms with E-state index in [2.05, 4.69) is 18.7 Å². The summed E-state index contributed by atoms with van der Waals surface area (Å²) < 4.78 is 0.